The third-order valence-electron chi connectivity index (χ3n) is 4.87. The average Bonchev–Trinajstić information content (AvgIpc) is 3.19. The van der Waals surface area contributed by atoms with Gasteiger partial charge in [0, 0.05) is 6.72 Å². The molecular formula is C21H24N8O2. The maximum absolute atomic E-state index is 10.8. The second-order valence-corrected chi connectivity index (χ2v) is 7.21. The van der Waals surface area contributed by atoms with Gasteiger partial charge in [-0.05, 0) is 62.1 Å². The van der Waals surface area contributed by atoms with E-state index in [1.807, 2.05) is 6.20 Å². The van der Waals surface area contributed by atoms with Gasteiger partial charge in [0.15, 0.2) is 6.54 Å². The third kappa shape index (κ3) is 5.35. The second-order valence-electron chi connectivity index (χ2n) is 7.21. The van der Waals surface area contributed by atoms with E-state index in [-0.39, 0.29) is 0 Å². The van der Waals surface area contributed by atoms with Crippen LogP contribution in [0.2, 0.25) is 0 Å². The number of rotatable bonds is 8. The van der Waals surface area contributed by atoms with Gasteiger partial charge in [-0.15, -0.1) is 15.3 Å². The van der Waals surface area contributed by atoms with Crippen LogP contribution in [0.4, 0.5) is 0 Å². The molecule has 2 heterocycles. The Balaban J connectivity index is 1.74. The van der Waals surface area contributed by atoms with Gasteiger partial charge in [0.1, 0.15) is 17.1 Å². The summed E-state index contributed by atoms with van der Waals surface area (Å²) in [6.07, 6.45) is 1.82. The highest BCUT2D eigenvalue weighted by atomic mass is 16.4. The minimum absolute atomic E-state index is 0.393. The zero-order valence-corrected chi connectivity index (χ0v) is 17.9. The molecular weight excluding hydrogens is 396 g/mol. The van der Waals surface area contributed by atoms with Crippen LogP contribution < -0.4 is 0 Å². The van der Waals surface area contributed by atoms with Gasteiger partial charge in [0.05, 0.1) is 18.5 Å². The van der Waals surface area contributed by atoms with Crippen molar-refractivity contribution < 1.29 is 9.90 Å². The maximum Gasteiger partial charge on any atom is 0.327 e. The van der Waals surface area contributed by atoms with Crippen LogP contribution in [-0.4, -0.2) is 60.4 Å². The molecule has 160 valence electrons. The molecule has 0 aliphatic carbocycles. The standard InChI is InChI=1S/C21H24N8O2/c1-13-8-17(9-14(2)15(13)3)10-28-11-20(25-27-28)19-7-6-18(23-24-19)16(4)26-29(22-5)12-21(30)31/h6-9,11H,5,10,12H2,1-4H3,(H,30,31)/b26-16+. The van der Waals surface area contributed by atoms with E-state index in [0.717, 1.165) is 10.7 Å². The summed E-state index contributed by atoms with van der Waals surface area (Å²) in [6, 6.07) is 7.81. The van der Waals surface area contributed by atoms with Crippen molar-refractivity contribution in [2.45, 2.75) is 34.2 Å². The minimum Gasteiger partial charge on any atom is -0.480 e. The summed E-state index contributed by atoms with van der Waals surface area (Å²) in [7, 11) is 0. The van der Waals surface area contributed by atoms with Gasteiger partial charge in [-0.2, -0.15) is 15.3 Å². The zero-order valence-electron chi connectivity index (χ0n) is 17.9. The SMILES string of the molecule is C=NN(CC(=O)O)/N=C(\C)c1ccc(-c2cn(Cc3cc(C)c(C)c(C)c3)nn2)nn1. The van der Waals surface area contributed by atoms with Crippen LogP contribution in [0.1, 0.15) is 34.9 Å². The number of hydrogen-bond donors (Lipinski definition) is 1. The van der Waals surface area contributed by atoms with Crippen LogP contribution in [0.5, 0.6) is 0 Å². The molecule has 0 spiro atoms. The molecule has 0 saturated heterocycles. The summed E-state index contributed by atoms with van der Waals surface area (Å²) in [5.74, 6) is -1.07. The van der Waals surface area contributed by atoms with Gasteiger partial charge >= 0.3 is 5.97 Å². The van der Waals surface area contributed by atoms with Crippen LogP contribution in [-0.2, 0) is 11.3 Å². The molecule has 0 saturated carbocycles. The Kier molecular flexibility index (Phi) is 6.49. The molecule has 1 N–H and O–H groups in total. The van der Waals surface area contributed by atoms with E-state index >= 15 is 0 Å². The predicted octanol–water partition coefficient (Wildman–Crippen LogP) is 2.43. The minimum atomic E-state index is -1.07. The molecule has 10 nitrogen and oxygen atoms in total. The fraction of sp³-hybridized carbons (Fsp3) is 0.286. The topological polar surface area (TPSA) is 122 Å². The van der Waals surface area contributed by atoms with E-state index in [4.69, 9.17) is 5.11 Å². The van der Waals surface area contributed by atoms with Crippen LogP contribution in [0, 0.1) is 20.8 Å². The van der Waals surface area contributed by atoms with E-state index in [2.05, 4.69) is 70.3 Å². The average molecular weight is 420 g/mol. The Morgan fingerprint density at radius 2 is 1.84 bits per heavy atom. The fourth-order valence-corrected chi connectivity index (χ4v) is 3.02. The smallest absolute Gasteiger partial charge is 0.327 e. The van der Waals surface area contributed by atoms with E-state index in [1.165, 1.54) is 16.7 Å². The molecule has 3 aromatic rings. The van der Waals surface area contributed by atoms with Crippen molar-refractivity contribution in [3.63, 3.8) is 0 Å². The number of aromatic nitrogens is 5. The first-order valence-electron chi connectivity index (χ1n) is 9.59. The van der Waals surface area contributed by atoms with Crippen LogP contribution >= 0.6 is 0 Å². The molecule has 0 unspecified atom stereocenters. The van der Waals surface area contributed by atoms with Gasteiger partial charge in [-0.25, -0.2) is 4.68 Å². The van der Waals surface area contributed by atoms with Crippen molar-refractivity contribution in [2.24, 2.45) is 10.2 Å². The summed E-state index contributed by atoms with van der Waals surface area (Å²) in [5.41, 5.74) is 7.09. The van der Waals surface area contributed by atoms with Crippen LogP contribution in [0.15, 0.2) is 40.7 Å². The highest BCUT2D eigenvalue weighted by molar-refractivity contribution is 5.96. The summed E-state index contributed by atoms with van der Waals surface area (Å²) in [4.78, 5) is 10.8. The fourth-order valence-electron chi connectivity index (χ4n) is 3.02. The molecule has 0 radical (unpaired) electrons. The molecule has 0 amide bonds. The number of aryl methyl sites for hydroxylation is 2. The number of hydrogen-bond acceptors (Lipinski definition) is 8. The molecule has 31 heavy (non-hydrogen) atoms. The molecule has 0 aliphatic rings. The van der Waals surface area contributed by atoms with Crippen LogP contribution in [0.25, 0.3) is 11.4 Å². The Bertz CT molecular complexity index is 1110. The number of carboxylic acids is 1. The number of nitrogens with zero attached hydrogens (tertiary/aromatic N) is 8. The lowest BCUT2D eigenvalue weighted by Crippen LogP contribution is -2.21. The van der Waals surface area contributed by atoms with Gasteiger partial charge in [0.25, 0.3) is 0 Å². The van der Waals surface area contributed by atoms with E-state index in [1.54, 1.807) is 23.7 Å². The predicted molar refractivity (Wildman–Crippen MR) is 117 cm³/mol. The quantitative estimate of drug-likeness (QED) is 0.439. The van der Waals surface area contributed by atoms with Gasteiger partial charge in [0.2, 0.25) is 0 Å². The summed E-state index contributed by atoms with van der Waals surface area (Å²) >= 11 is 0. The van der Waals surface area contributed by atoms with Gasteiger partial charge in [-0.1, -0.05) is 17.3 Å². The number of carboxylic acid groups (broad SMARTS) is 1. The molecule has 0 fully saturated rings. The van der Waals surface area contributed by atoms with Crippen LogP contribution in [0.3, 0.4) is 0 Å². The van der Waals surface area contributed by atoms with Crippen molar-refractivity contribution >= 4 is 18.4 Å². The summed E-state index contributed by atoms with van der Waals surface area (Å²) in [5, 5.41) is 34.2. The largest absolute Gasteiger partial charge is 0.480 e. The highest BCUT2D eigenvalue weighted by Crippen LogP contribution is 2.17. The number of aliphatic carboxylic acids is 1. The lowest BCUT2D eigenvalue weighted by molar-refractivity contribution is -0.138. The van der Waals surface area contributed by atoms with E-state index < -0.39 is 12.5 Å². The second kappa shape index (κ2) is 9.24. The Morgan fingerprint density at radius 1 is 1.13 bits per heavy atom. The third-order valence-corrected chi connectivity index (χ3v) is 4.87. The molecule has 1 aromatic carbocycles. The van der Waals surface area contributed by atoms with Crippen molar-refractivity contribution in [1.82, 2.24) is 30.3 Å². The monoisotopic (exact) mass is 420 g/mol. The Morgan fingerprint density at radius 3 is 2.42 bits per heavy atom. The first kappa shape index (κ1) is 21.8. The Labute approximate surface area is 179 Å². The van der Waals surface area contributed by atoms with E-state index in [9.17, 15) is 4.79 Å². The van der Waals surface area contributed by atoms with Crippen molar-refractivity contribution in [3.05, 3.63) is 58.4 Å². The van der Waals surface area contributed by atoms with Crippen molar-refractivity contribution in [2.75, 3.05) is 6.54 Å². The lowest BCUT2D eigenvalue weighted by Gasteiger charge is -2.10. The first-order chi connectivity index (χ1) is 14.8. The molecule has 3 rings (SSSR count). The van der Waals surface area contributed by atoms with Crippen molar-refractivity contribution in [1.29, 1.82) is 0 Å². The molecule has 10 heteroatoms. The number of carbonyl (C=O) groups is 1. The lowest BCUT2D eigenvalue weighted by atomic mass is 10.0. The summed E-state index contributed by atoms with van der Waals surface area (Å²) in [6.45, 7) is 11.5. The van der Waals surface area contributed by atoms with Gasteiger partial charge < -0.3 is 5.11 Å². The Hall–Kier alpha value is -3.95. The van der Waals surface area contributed by atoms with Gasteiger partial charge in [-0.3, -0.25) is 4.79 Å². The summed E-state index contributed by atoms with van der Waals surface area (Å²) < 4.78 is 1.76. The maximum atomic E-state index is 10.8. The number of benzene rings is 1. The molecule has 0 aliphatic heterocycles. The highest BCUT2D eigenvalue weighted by Gasteiger charge is 2.11. The molecule has 0 atom stereocenters. The van der Waals surface area contributed by atoms with E-state index in [0.29, 0.717) is 29.3 Å². The zero-order chi connectivity index (χ0) is 22.5. The van der Waals surface area contributed by atoms with Crippen molar-refractivity contribution in [3.8, 4) is 11.4 Å². The number of hydrazone groups is 2. The normalized spacial score (nSPS) is 11.4. The molecule has 2 aromatic heterocycles. The molecule has 0 bridgehead atoms. The first-order valence-corrected chi connectivity index (χ1v) is 9.59.